The van der Waals surface area contributed by atoms with E-state index in [1.54, 1.807) is 41.2 Å². The first kappa shape index (κ1) is 12.4. The molecule has 1 aliphatic heterocycles. The molecular formula is C13H10ClN3OS. The quantitative estimate of drug-likeness (QED) is 0.853. The van der Waals surface area contributed by atoms with Crippen molar-refractivity contribution >= 4 is 35.1 Å². The molecule has 0 bridgehead atoms. The summed E-state index contributed by atoms with van der Waals surface area (Å²) in [5.41, 5.74) is 0.857. The van der Waals surface area contributed by atoms with Crippen molar-refractivity contribution in [2.24, 2.45) is 0 Å². The number of thioether (sulfide) groups is 1. The molecule has 3 heterocycles. The molecular weight excluding hydrogens is 282 g/mol. The molecule has 3 rings (SSSR count). The van der Waals surface area contributed by atoms with Gasteiger partial charge in [-0.05, 0) is 24.3 Å². The maximum Gasteiger partial charge on any atom is 0.239 e. The van der Waals surface area contributed by atoms with Crippen LogP contribution in [0.4, 0.5) is 5.82 Å². The number of carbonyl (C=O) groups excluding carboxylic acids is 1. The smallest absolute Gasteiger partial charge is 0.239 e. The fraction of sp³-hybridized carbons (Fsp3) is 0.154. The zero-order chi connectivity index (χ0) is 13.2. The highest BCUT2D eigenvalue weighted by Crippen LogP contribution is 2.40. The van der Waals surface area contributed by atoms with Crippen molar-refractivity contribution in [2.45, 2.75) is 5.37 Å². The Bertz CT molecular complexity index is 591. The molecule has 1 unspecified atom stereocenters. The van der Waals surface area contributed by atoms with Gasteiger partial charge in [0.05, 0.1) is 16.5 Å². The minimum atomic E-state index is -0.123. The van der Waals surface area contributed by atoms with Gasteiger partial charge in [-0.3, -0.25) is 14.7 Å². The molecule has 6 heteroatoms. The van der Waals surface area contributed by atoms with Crippen LogP contribution in [0.1, 0.15) is 11.1 Å². The van der Waals surface area contributed by atoms with E-state index < -0.39 is 0 Å². The number of carbonyl (C=O) groups is 1. The van der Waals surface area contributed by atoms with Crippen molar-refractivity contribution < 1.29 is 4.79 Å². The summed E-state index contributed by atoms with van der Waals surface area (Å²) in [5, 5.41) is 0.430. The van der Waals surface area contributed by atoms with Gasteiger partial charge in [-0.15, -0.1) is 11.8 Å². The lowest BCUT2D eigenvalue weighted by molar-refractivity contribution is -0.115. The third-order valence-corrected chi connectivity index (χ3v) is 4.17. The van der Waals surface area contributed by atoms with Crippen molar-refractivity contribution in [1.29, 1.82) is 0 Å². The Morgan fingerprint density at radius 3 is 2.84 bits per heavy atom. The van der Waals surface area contributed by atoms with Crippen LogP contribution in [0.5, 0.6) is 0 Å². The molecule has 1 atom stereocenters. The predicted octanol–water partition coefficient (Wildman–Crippen LogP) is 2.91. The van der Waals surface area contributed by atoms with Gasteiger partial charge in [0.2, 0.25) is 5.91 Å². The van der Waals surface area contributed by atoms with E-state index in [2.05, 4.69) is 9.97 Å². The van der Waals surface area contributed by atoms with Crippen LogP contribution in [-0.4, -0.2) is 21.6 Å². The molecule has 96 valence electrons. The van der Waals surface area contributed by atoms with E-state index in [0.717, 1.165) is 5.69 Å². The number of rotatable bonds is 2. The van der Waals surface area contributed by atoms with E-state index in [1.165, 1.54) is 0 Å². The highest BCUT2D eigenvalue weighted by Gasteiger charge is 2.35. The second-order valence-corrected chi connectivity index (χ2v) is 5.52. The van der Waals surface area contributed by atoms with Gasteiger partial charge in [-0.25, -0.2) is 4.98 Å². The summed E-state index contributed by atoms with van der Waals surface area (Å²) in [4.78, 5) is 22.3. The van der Waals surface area contributed by atoms with E-state index >= 15 is 0 Å². The van der Waals surface area contributed by atoms with Crippen LogP contribution < -0.4 is 4.90 Å². The molecule has 0 spiro atoms. The van der Waals surface area contributed by atoms with Crippen LogP contribution >= 0.6 is 23.4 Å². The maximum atomic E-state index is 12.0. The minimum absolute atomic E-state index is 0.0375. The molecule has 1 fully saturated rings. The van der Waals surface area contributed by atoms with Gasteiger partial charge in [0.15, 0.2) is 0 Å². The molecule has 1 saturated heterocycles. The second-order valence-electron chi connectivity index (χ2n) is 4.02. The average Bonchev–Trinajstić information content (AvgIpc) is 2.83. The standard InChI is InChI=1S/C13H10ClN3OS/c14-9-4-5-11(16-7-9)17-12(18)8-19-13(17)10-3-1-2-6-15-10/h1-7,13H,8H2. The molecule has 0 N–H and O–H groups in total. The fourth-order valence-corrected chi connectivity index (χ4v) is 3.16. The summed E-state index contributed by atoms with van der Waals surface area (Å²) in [6, 6.07) is 9.17. The number of aromatic nitrogens is 2. The molecule has 4 nitrogen and oxygen atoms in total. The van der Waals surface area contributed by atoms with Gasteiger partial charge in [0.25, 0.3) is 0 Å². The molecule has 0 radical (unpaired) electrons. The Balaban J connectivity index is 1.97. The van der Waals surface area contributed by atoms with Gasteiger partial charge in [0.1, 0.15) is 11.2 Å². The first-order chi connectivity index (χ1) is 9.25. The summed E-state index contributed by atoms with van der Waals surface area (Å²) in [6.07, 6.45) is 3.27. The van der Waals surface area contributed by atoms with E-state index in [9.17, 15) is 4.79 Å². The number of pyridine rings is 2. The maximum absolute atomic E-state index is 12.0. The predicted molar refractivity (Wildman–Crippen MR) is 76.2 cm³/mol. The number of halogens is 1. The Morgan fingerprint density at radius 1 is 1.26 bits per heavy atom. The lowest BCUT2D eigenvalue weighted by atomic mass is 10.3. The van der Waals surface area contributed by atoms with E-state index in [-0.39, 0.29) is 11.3 Å². The molecule has 2 aromatic heterocycles. The Morgan fingerprint density at radius 2 is 2.16 bits per heavy atom. The third-order valence-electron chi connectivity index (χ3n) is 2.77. The summed E-state index contributed by atoms with van der Waals surface area (Å²) in [7, 11) is 0. The molecule has 19 heavy (non-hydrogen) atoms. The third kappa shape index (κ3) is 2.43. The van der Waals surface area contributed by atoms with Crippen LogP contribution in [0.25, 0.3) is 0 Å². The van der Waals surface area contributed by atoms with Gasteiger partial charge < -0.3 is 0 Å². The zero-order valence-electron chi connectivity index (χ0n) is 9.86. The zero-order valence-corrected chi connectivity index (χ0v) is 11.4. The van der Waals surface area contributed by atoms with Crippen LogP contribution in [0.2, 0.25) is 5.02 Å². The van der Waals surface area contributed by atoms with Crippen LogP contribution in [0.15, 0.2) is 42.7 Å². The van der Waals surface area contributed by atoms with Gasteiger partial charge >= 0.3 is 0 Å². The lowest BCUT2D eigenvalue weighted by Gasteiger charge is -2.22. The number of nitrogens with zero attached hydrogens (tertiary/aromatic N) is 3. The van der Waals surface area contributed by atoms with Crippen LogP contribution in [0.3, 0.4) is 0 Å². The fourth-order valence-electron chi connectivity index (χ4n) is 1.92. The number of amides is 1. The normalized spacial score (nSPS) is 18.9. The topological polar surface area (TPSA) is 46.1 Å². The summed E-state index contributed by atoms with van der Waals surface area (Å²) >= 11 is 7.38. The number of hydrogen-bond donors (Lipinski definition) is 0. The van der Waals surface area contributed by atoms with E-state index in [0.29, 0.717) is 16.6 Å². The van der Waals surface area contributed by atoms with E-state index in [1.807, 2.05) is 18.2 Å². The molecule has 0 saturated carbocycles. The second kappa shape index (κ2) is 5.19. The highest BCUT2D eigenvalue weighted by atomic mass is 35.5. The molecule has 2 aromatic rings. The molecule has 0 aromatic carbocycles. The van der Waals surface area contributed by atoms with E-state index in [4.69, 9.17) is 11.6 Å². The minimum Gasteiger partial charge on any atom is -0.278 e. The first-order valence-electron chi connectivity index (χ1n) is 5.72. The Labute approximate surface area is 119 Å². The number of hydrogen-bond acceptors (Lipinski definition) is 4. The van der Waals surface area contributed by atoms with Gasteiger partial charge in [-0.1, -0.05) is 17.7 Å². The van der Waals surface area contributed by atoms with Crippen molar-refractivity contribution in [3.8, 4) is 0 Å². The summed E-state index contributed by atoms with van der Waals surface area (Å²) in [6.45, 7) is 0. The monoisotopic (exact) mass is 291 g/mol. The molecule has 0 aliphatic carbocycles. The van der Waals surface area contributed by atoms with Crippen molar-refractivity contribution in [3.05, 3.63) is 53.4 Å². The summed E-state index contributed by atoms with van der Waals surface area (Å²) < 4.78 is 0. The first-order valence-corrected chi connectivity index (χ1v) is 7.14. The van der Waals surface area contributed by atoms with Gasteiger partial charge in [0, 0.05) is 12.4 Å². The lowest BCUT2D eigenvalue weighted by Crippen LogP contribution is -2.28. The Kier molecular flexibility index (Phi) is 3.40. The molecule has 1 amide bonds. The number of anilines is 1. The van der Waals surface area contributed by atoms with Crippen LogP contribution in [0, 0.1) is 0 Å². The van der Waals surface area contributed by atoms with Crippen LogP contribution in [-0.2, 0) is 4.79 Å². The summed E-state index contributed by atoms with van der Waals surface area (Å²) in [5.74, 6) is 1.08. The largest absolute Gasteiger partial charge is 0.278 e. The average molecular weight is 292 g/mol. The van der Waals surface area contributed by atoms with Crippen molar-refractivity contribution in [2.75, 3.05) is 10.7 Å². The van der Waals surface area contributed by atoms with Crippen molar-refractivity contribution in [3.63, 3.8) is 0 Å². The highest BCUT2D eigenvalue weighted by molar-refractivity contribution is 8.00. The van der Waals surface area contributed by atoms with Gasteiger partial charge in [-0.2, -0.15) is 0 Å². The Hall–Kier alpha value is -1.59. The van der Waals surface area contributed by atoms with Crippen molar-refractivity contribution in [1.82, 2.24) is 9.97 Å². The SMILES string of the molecule is O=C1CSC(c2ccccn2)N1c1ccc(Cl)cn1. The molecule has 1 aliphatic rings.